The summed E-state index contributed by atoms with van der Waals surface area (Å²) in [6.45, 7) is 0. The van der Waals surface area contributed by atoms with E-state index in [2.05, 4.69) is 29.3 Å². The zero-order valence-electron chi connectivity index (χ0n) is 16.8. The van der Waals surface area contributed by atoms with Gasteiger partial charge in [0.05, 0.1) is 38.8 Å². The summed E-state index contributed by atoms with van der Waals surface area (Å²) < 4.78 is 16.3. The van der Waals surface area contributed by atoms with Crippen LogP contribution in [0.2, 0.25) is 0 Å². The van der Waals surface area contributed by atoms with E-state index in [9.17, 15) is 0 Å². The summed E-state index contributed by atoms with van der Waals surface area (Å²) in [6, 6.07) is 24.3. The minimum atomic E-state index is 0.0881. The molecule has 1 aliphatic rings. The maximum absolute atomic E-state index is 5.62. The lowest BCUT2D eigenvalue weighted by Gasteiger charge is -2.24. The molecule has 0 radical (unpaired) electrons. The molecule has 0 unspecified atom stereocenters. The van der Waals surface area contributed by atoms with Crippen LogP contribution in [0.3, 0.4) is 0 Å². The first-order chi connectivity index (χ1) is 14.2. The van der Waals surface area contributed by atoms with Gasteiger partial charge in [-0.3, -0.25) is 5.01 Å². The zero-order chi connectivity index (χ0) is 20.2. The molecule has 4 rings (SSSR count). The van der Waals surface area contributed by atoms with Crippen molar-refractivity contribution in [1.82, 2.24) is 0 Å². The van der Waals surface area contributed by atoms with Crippen LogP contribution < -0.4 is 19.2 Å². The molecule has 0 saturated heterocycles. The molecule has 3 aromatic carbocycles. The van der Waals surface area contributed by atoms with Gasteiger partial charge >= 0.3 is 0 Å². The number of methoxy groups -OCH3 is 3. The highest BCUT2D eigenvalue weighted by Crippen LogP contribution is 2.39. The van der Waals surface area contributed by atoms with E-state index in [1.807, 2.05) is 48.5 Å². The average molecular weight is 388 g/mol. The molecule has 0 bridgehead atoms. The van der Waals surface area contributed by atoms with Crippen molar-refractivity contribution in [3.8, 4) is 17.2 Å². The summed E-state index contributed by atoms with van der Waals surface area (Å²) in [5, 5.41) is 7.08. The molecular weight excluding hydrogens is 364 g/mol. The molecule has 0 aromatic heterocycles. The van der Waals surface area contributed by atoms with E-state index >= 15 is 0 Å². The number of benzene rings is 3. The van der Waals surface area contributed by atoms with E-state index in [-0.39, 0.29) is 6.04 Å². The minimum Gasteiger partial charge on any atom is -0.497 e. The maximum Gasteiger partial charge on any atom is 0.131 e. The summed E-state index contributed by atoms with van der Waals surface area (Å²) in [6.07, 6.45) is 0.768. The van der Waals surface area contributed by atoms with Gasteiger partial charge in [-0.05, 0) is 42.0 Å². The van der Waals surface area contributed by atoms with Crippen LogP contribution in [0, 0.1) is 0 Å². The first kappa shape index (κ1) is 18.9. The van der Waals surface area contributed by atoms with Gasteiger partial charge in [0.2, 0.25) is 0 Å². The first-order valence-corrected chi connectivity index (χ1v) is 9.51. The molecule has 1 heterocycles. The highest BCUT2D eigenvalue weighted by molar-refractivity contribution is 6.05. The number of hydrazone groups is 1. The third-order valence-electron chi connectivity index (χ3n) is 5.15. The number of anilines is 1. The number of nitrogens with zero attached hydrogens (tertiary/aromatic N) is 2. The van der Waals surface area contributed by atoms with Crippen molar-refractivity contribution in [2.75, 3.05) is 26.3 Å². The van der Waals surface area contributed by atoms with Crippen LogP contribution in [0.25, 0.3) is 0 Å². The smallest absolute Gasteiger partial charge is 0.131 e. The molecule has 29 heavy (non-hydrogen) atoms. The second kappa shape index (κ2) is 8.27. The normalized spacial score (nSPS) is 15.8. The second-order valence-electron chi connectivity index (χ2n) is 6.79. The molecule has 0 amide bonds. The minimum absolute atomic E-state index is 0.0881. The van der Waals surface area contributed by atoms with Crippen LogP contribution in [-0.2, 0) is 0 Å². The maximum atomic E-state index is 5.62. The van der Waals surface area contributed by atoms with Crippen LogP contribution in [0.4, 0.5) is 5.69 Å². The largest absolute Gasteiger partial charge is 0.497 e. The standard InChI is InChI=1S/C24H24N2O3/c1-27-19-11-9-17(10-12-19)23-16-22(25-26(23)18-7-5-4-6-8-18)21-14-13-20(28-2)15-24(21)29-3/h4-15,23H,16H2,1-3H3/t23-/m1/s1. The van der Waals surface area contributed by atoms with E-state index in [1.54, 1.807) is 21.3 Å². The predicted molar refractivity (Wildman–Crippen MR) is 115 cm³/mol. The quantitative estimate of drug-likeness (QED) is 0.591. The number of rotatable bonds is 6. The summed E-state index contributed by atoms with van der Waals surface area (Å²) in [7, 11) is 5.00. The topological polar surface area (TPSA) is 43.3 Å². The average Bonchev–Trinajstić information content (AvgIpc) is 3.24. The summed E-state index contributed by atoms with van der Waals surface area (Å²) in [4.78, 5) is 0. The van der Waals surface area contributed by atoms with E-state index in [0.717, 1.165) is 40.6 Å². The Morgan fingerprint density at radius 3 is 2.14 bits per heavy atom. The Labute approximate surface area is 171 Å². The van der Waals surface area contributed by atoms with Crippen molar-refractivity contribution in [3.05, 3.63) is 83.9 Å². The molecule has 148 valence electrons. The Kier molecular flexibility index (Phi) is 5.38. The molecule has 3 aromatic rings. The van der Waals surface area contributed by atoms with Crippen molar-refractivity contribution in [2.24, 2.45) is 5.10 Å². The molecule has 0 spiro atoms. The Morgan fingerprint density at radius 1 is 0.793 bits per heavy atom. The molecule has 1 atom stereocenters. The van der Waals surface area contributed by atoms with E-state index < -0.39 is 0 Å². The molecule has 0 fully saturated rings. The van der Waals surface area contributed by atoms with Crippen molar-refractivity contribution < 1.29 is 14.2 Å². The van der Waals surface area contributed by atoms with Gasteiger partial charge in [-0.15, -0.1) is 0 Å². The molecule has 5 nitrogen and oxygen atoms in total. The van der Waals surface area contributed by atoms with Crippen molar-refractivity contribution in [3.63, 3.8) is 0 Å². The van der Waals surface area contributed by atoms with Crippen molar-refractivity contribution in [2.45, 2.75) is 12.5 Å². The van der Waals surface area contributed by atoms with Crippen LogP contribution in [-0.4, -0.2) is 27.0 Å². The van der Waals surface area contributed by atoms with Crippen molar-refractivity contribution in [1.29, 1.82) is 0 Å². The van der Waals surface area contributed by atoms with Crippen LogP contribution in [0.1, 0.15) is 23.6 Å². The van der Waals surface area contributed by atoms with Crippen LogP contribution in [0.5, 0.6) is 17.2 Å². The molecule has 1 aliphatic heterocycles. The number of para-hydroxylation sites is 1. The zero-order valence-corrected chi connectivity index (χ0v) is 16.8. The van der Waals surface area contributed by atoms with Gasteiger partial charge in [0.25, 0.3) is 0 Å². The SMILES string of the molecule is COc1ccc([C@H]2CC(c3ccc(OC)cc3OC)=NN2c2ccccc2)cc1. The fraction of sp³-hybridized carbons (Fsp3) is 0.208. The van der Waals surface area contributed by atoms with E-state index in [1.165, 1.54) is 5.56 Å². The monoisotopic (exact) mass is 388 g/mol. The Bertz CT molecular complexity index is 1000. The molecule has 5 heteroatoms. The first-order valence-electron chi connectivity index (χ1n) is 9.51. The van der Waals surface area contributed by atoms with Crippen molar-refractivity contribution >= 4 is 11.4 Å². The van der Waals surface area contributed by atoms with Gasteiger partial charge in [0.15, 0.2) is 0 Å². The predicted octanol–water partition coefficient (Wildman–Crippen LogP) is 5.07. The number of hydrogen-bond donors (Lipinski definition) is 0. The van der Waals surface area contributed by atoms with Gasteiger partial charge < -0.3 is 14.2 Å². The lowest BCUT2D eigenvalue weighted by Crippen LogP contribution is -2.18. The summed E-state index contributed by atoms with van der Waals surface area (Å²) in [5.74, 6) is 2.36. The lowest BCUT2D eigenvalue weighted by molar-refractivity contribution is 0.394. The molecule has 0 saturated carbocycles. The molecular formula is C24H24N2O3. The van der Waals surface area contributed by atoms with Crippen LogP contribution in [0.15, 0.2) is 77.9 Å². The third kappa shape index (κ3) is 3.76. The van der Waals surface area contributed by atoms with Gasteiger partial charge in [-0.2, -0.15) is 5.10 Å². The van der Waals surface area contributed by atoms with Gasteiger partial charge in [-0.1, -0.05) is 30.3 Å². The number of ether oxygens (including phenoxy) is 3. The van der Waals surface area contributed by atoms with Gasteiger partial charge in [0.1, 0.15) is 17.2 Å². The fourth-order valence-electron chi connectivity index (χ4n) is 3.61. The highest BCUT2D eigenvalue weighted by atomic mass is 16.5. The van der Waals surface area contributed by atoms with Gasteiger partial charge in [0, 0.05) is 18.1 Å². The third-order valence-corrected chi connectivity index (χ3v) is 5.15. The number of hydrogen-bond acceptors (Lipinski definition) is 5. The van der Waals surface area contributed by atoms with Gasteiger partial charge in [-0.25, -0.2) is 0 Å². The highest BCUT2D eigenvalue weighted by Gasteiger charge is 2.31. The molecule has 0 N–H and O–H groups in total. The van der Waals surface area contributed by atoms with E-state index in [4.69, 9.17) is 19.3 Å². The summed E-state index contributed by atoms with van der Waals surface area (Å²) >= 11 is 0. The second-order valence-corrected chi connectivity index (χ2v) is 6.79. The lowest BCUT2D eigenvalue weighted by atomic mass is 9.97. The Morgan fingerprint density at radius 2 is 1.48 bits per heavy atom. The Hall–Kier alpha value is -3.47. The Balaban J connectivity index is 1.74. The fourth-order valence-corrected chi connectivity index (χ4v) is 3.61. The molecule has 0 aliphatic carbocycles. The summed E-state index contributed by atoms with van der Waals surface area (Å²) in [5.41, 5.74) is 4.19. The van der Waals surface area contributed by atoms with E-state index in [0.29, 0.717) is 0 Å². The van der Waals surface area contributed by atoms with Crippen LogP contribution >= 0.6 is 0 Å².